The highest BCUT2D eigenvalue weighted by Gasteiger charge is 2.22. The molecule has 1 aliphatic carbocycles. The summed E-state index contributed by atoms with van der Waals surface area (Å²) in [5.41, 5.74) is 5.84. The Balaban J connectivity index is 1.97. The standard InChI is InChI=1S/C13H20N2O3S/c14-12-5-6-13(16)15(9-12)7-8-19(17,18)10-11-3-1-2-4-11/h5-6,9,11H,1-4,7-8,10,14H2. The Morgan fingerprint density at radius 2 is 1.95 bits per heavy atom. The summed E-state index contributed by atoms with van der Waals surface area (Å²) in [5.74, 6) is 0.569. The number of pyridine rings is 1. The number of hydrogen-bond acceptors (Lipinski definition) is 4. The largest absolute Gasteiger partial charge is 0.398 e. The normalized spacial score (nSPS) is 16.8. The predicted molar refractivity (Wildman–Crippen MR) is 75.7 cm³/mol. The van der Waals surface area contributed by atoms with Crippen molar-refractivity contribution in [2.75, 3.05) is 17.2 Å². The van der Waals surface area contributed by atoms with E-state index in [-0.39, 0.29) is 23.6 Å². The first kappa shape index (κ1) is 14.1. The van der Waals surface area contributed by atoms with Crippen molar-refractivity contribution in [1.29, 1.82) is 0 Å². The topological polar surface area (TPSA) is 82.2 Å². The van der Waals surface area contributed by atoms with Gasteiger partial charge in [-0.25, -0.2) is 8.42 Å². The van der Waals surface area contributed by atoms with Gasteiger partial charge in [-0.15, -0.1) is 0 Å². The van der Waals surface area contributed by atoms with Crippen molar-refractivity contribution >= 4 is 15.5 Å². The van der Waals surface area contributed by atoms with Crippen LogP contribution in [0.4, 0.5) is 5.69 Å². The van der Waals surface area contributed by atoms with Gasteiger partial charge < -0.3 is 10.3 Å². The molecule has 0 aromatic carbocycles. The van der Waals surface area contributed by atoms with E-state index in [1.165, 1.54) is 22.9 Å². The Bertz CT molecular complexity index is 586. The molecule has 19 heavy (non-hydrogen) atoms. The van der Waals surface area contributed by atoms with E-state index in [1.807, 2.05) is 0 Å². The number of rotatable bonds is 5. The third-order valence-corrected chi connectivity index (χ3v) is 5.40. The molecule has 106 valence electrons. The number of nitrogens with zero attached hydrogens (tertiary/aromatic N) is 1. The zero-order valence-corrected chi connectivity index (χ0v) is 11.7. The van der Waals surface area contributed by atoms with E-state index in [4.69, 9.17) is 5.73 Å². The van der Waals surface area contributed by atoms with Gasteiger partial charge in [-0.2, -0.15) is 0 Å². The molecular formula is C13H20N2O3S. The van der Waals surface area contributed by atoms with Crippen LogP contribution in [0.2, 0.25) is 0 Å². The van der Waals surface area contributed by atoms with Gasteiger partial charge in [0, 0.05) is 24.5 Å². The highest BCUT2D eigenvalue weighted by atomic mass is 32.2. The molecule has 1 aromatic heterocycles. The Hall–Kier alpha value is -1.30. The molecule has 0 unspecified atom stereocenters. The Labute approximate surface area is 113 Å². The van der Waals surface area contributed by atoms with Crippen molar-refractivity contribution in [3.05, 3.63) is 28.7 Å². The maximum atomic E-state index is 12.0. The van der Waals surface area contributed by atoms with E-state index < -0.39 is 9.84 Å². The maximum Gasteiger partial charge on any atom is 0.250 e. The zero-order valence-electron chi connectivity index (χ0n) is 10.9. The van der Waals surface area contributed by atoms with E-state index in [9.17, 15) is 13.2 Å². The summed E-state index contributed by atoms with van der Waals surface area (Å²) < 4.78 is 25.4. The minimum absolute atomic E-state index is 0.00681. The molecular weight excluding hydrogens is 264 g/mol. The smallest absolute Gasteiger partial charge is 0.250 e. The first-order chi connectivity index (χ1) is 8.96. The summed E-state index contributed by atoms with van der Waals surface area (Å²) in [6.07, 6.45) is 5.78. The van der Waals surface area contributed by atoms with E-state index in [0.29, 0.717) is 11.6 Å². The van der Waals surface area contributed by atoms with Crippen LogP contribution >= 0.6 is 0 Å². The lowest BCUT2D eigenvalue weighted by atomic mass is 10.1. The molecule has 1 saturated carbocycles. The monoisotopic (exact) mass is 284 g/mol. The summed E-state index contributed by atoms with van der Waals surface area (Å²) in [4.78, 5) is 11.5. The van der Waals surface area contributed by atoms with Gasteiger partial charge in [0.1, 0.15) is 0 Å². The van der Waals surface area contributed by atoms with Crippen molar-refractivity contribution in [2.45, 2.75) is 32.2 Å². The fourth-order valence-corrected chi connectivity index (χ4v) is 4.27. The fourth-order valence-electron chi connectivity index (χ4n) is 2.58. The molecule has 1 aromatic rings. The number of aryl methyl sites for hydroxylation is 1. The van der Waals surface area contributed by atoms with E-state index in [1.54, 1.807) is 0 Å². The van der Waals surface area contributed by atoms with Crippen molar-refractivity contribution in [3.8, 4) is 0 Å². The molecule has 0 atom stereocenters. The molecule has 0 aliphatic heterocycles. The summed E-state index contributed by atoms with van der Waals surface area (Å²) in [5, 5.41) is 0. The lowest BCUT2D eigenvalue weighted by Gasteiger charge is -2.11. The zero-order chi connectivity index (χ0) is 13.9. The van der Waals surface area contributed by atoms with Crippen LogP contribution in [-0.2, 0) is 16.4 Å². The summed E-state index contributed by atoms with van der Waals surface area (Å²) in [6, 6.07) is 2.88. The molecule has 6 heteroatoms. The first-order valence-electron chi connectivity index (χ1n) is 6.63. The third kappa shape index (κ3) is 4.09. The van der Waals surface area contributed by atoms with Crippen LogP contribution in [0, 0.1) is 5.92 Å². The van der Waals surface area contributed by atoms with Crippen LogP contribution in [0.15, 0.2) is 23.1 Å². The van der Waals surface area contributed by atoms with Crippen molar-refractivity contribution < 1.29 is 8.42 Å². The number of hydrogen-bond donors (Lipinski definition) is 1. The number of aromatic nitrogens is 1. The molecule has 1 aliphatic rings. The molecule has 1 fully saturated rings. The molecule has 0 spiro atoms. The Morgan fingerprint density at radius 3 is 2.63 bits per heavy atom. The maximum absolute atomic E-state index is 12.0. The van der Waals surface area contributed by atoms with Crippen molar-refractivity contribution in [3.63, 3.8) is 0 Å². The lowest BCUT2D eigenvalue weighted by molar-refractivity contribution is 0.553. The Kier molecular flexibility index (Phi) is 4.29. The molecule has 0 radical (unpaired) electrons. The van der Waals surface area contributed by atoms with Gasteiger partial charge >= 0.3 is 0 Å². The third-order valence-electron chi connectivity index (χ3n) is 3.61. The van der Waals surface area contributed by atoms with Gasteiger partial charge in [0.15, 0.2) is 9.84 Å². The second-order valence-corrected chi connectivity index (χ2v) is 7.49. The van der Waals surface area contributed by atoms with Crippen molar-refractivity contribution in [1.82, 2.24) is 4.57 Å². The number of nitrogens with two attached hydrogens (primary N) is 1. The lowest BCUT2D eigenvalue weighted by Crippen LogP contribution is -2.25. The van der Waals surface area contributed by atoms with Gasteiger partial charge in [0.25, 0.3) is 5.56 Å². The Morgan fingerprint density at radius 1 is 1.26 bits per heavy atom. The van der Waals surface area contributed by atoms with Gasteiger partial charge in [0.05, 0.1) is 11.5 Å². The van der Waals surface area contributed by atoms with Crippen LogP contribution in [0.1, 0.15) is 25.7 Å². The molecule has 5 nitrogen and oxygen atoms in total. The van der Waals surface area contributed by atoms with E-state index >= 15 is 0 Å². The minimum atomic E-state index is -3.09. The molecule has 2 rings (SSSR count). The predicted octanol–water partition coefficient (Wildman–Crippen LogP) is 1.04. The fraction of sp³-hybridized carbons (Fsp3) is 0.615. The van der Waals surface area contributed by atoms with Gasteiger partial charge in [-0.1, -0.05) is 12.8 Å². The summed E-state index contributed by atoms with van der Waals surface area (Å²) in [6.45, 7) is 0.179. The summed E-state index contributed by atoms with van der Waals surface area (Å²) in [7, 11) is -3.09. The van der Waals surface area contributed by atoms with E-state index in [0.717, 1.165) is 25.7 Å². The second kappa shape index (κ2) is 5.77. The molecule has 0 amide bonds. The molecule has 0 saturated heterocycles. The number of nitrogen functional groups attached to an aromatic ring is 1. The van der Waals surface area contributed by atoms with Gasteiger partial charge in [-0.3, -0.25) is 4.79 Å². The minimum Gasteiger partial charge on any atom is -0.398 e. The van der Waals surface area contributed by atoms with Crippen LogP contribution in [-0.4, -0.2) is 24.5 Å². The van der Waals surface area contributed by atoms with Crippen LogP contribution in [0.3, 0.4) is 0 Å². The quantitative estimate of drug-likeness (QED) is 0.875. The van der Waals surface area contributed by atoms with Crippen molar-refractivity contribution in [2.24, 2.45) is 5.92 Å². The number of sulfone groups is 1. The highest BCUT2D eigenvalue weighted by molar-refractivity contribution is 7.91. The van der Waals surface area contributed by atoms with E-state index in [2.05, 4.69) is 0 Å². The highest BCUT2D eigenvalue weighted by Crippen LogP contribution is 2.26. The first-order valence-corrected chi connectivity index (χ1v) is 8.45. The van der Waals surface area contributed by atoms with Crippen LogP contribution in [0.25, 0.3) is 0 Å². The second-order valence-electron chi connectivity index (χ2n) is 5.26. The number of anilines is 1. The van der Waals surface area contributed by atoms with Crippen LogP contribution in [0.5, 0.6) is 0 Å². The van der Waals surface area contributed by atoms with Crippen LogP contribution < -0.4 is 11.3 Å². The van der Waals surface area contributed by atoms with Gasteiger partial charge in [-0.05, 0) is 24.8 Å². The average Bonchev–Trinajstić information content (AvgIpc) is 2.82. The molecule has 2 N–H and O–H groups in total. The summed E-state index contributed by atoms with van der Waals surface area (Å²) >= 11 is 0. The average molecular weight is 284 g/mol. The molecule has 1 heterocycles. The molecule has 0 bridgehead atoms. The van der Waals surface area contributed by atoms with Gasteiger partial charge in [0.2, 0.25) is 0 Å². The SMILES string of the molecule is Nc1ccc(=O)n(CCS(=O)(=O)CC2CCCC2)c1.